The lowest BCUT2D eigenvalue weighted by Gasteiger charge is -2.37. The van der Waals surface area contributed by atoms with Gasteiger partial charge >= 0.3 is 0 Å². The lowest BCUT2D eigenvalue weighted by Crippen LogP contribution is -2.54. The third kappa shape index (κ3) is 3.49. The van der Waals surface area contributed by atoms with Gasteiger partial charge in [0.1, 0.15) is 5.52 Å². The van der Waals surface area contributed by atoms with E-state index >= 15 is 0 Å². The van der Waals surface area contributed by atoms with E-state index in [4.69, 9.17) is 11.6 Å². The van der Waals surface area contributed by atoms with Crippen molar-refractivity contribution in [2.24, 2.45) is 7.05 Å². The predicted octanol–water partition coefficient (Wildman–Crippen LogP) is 4.48. The number of nitrogens with zero attached hydrogens (tertiary/aromatic N) is 4. The summed E-state index contributed by atoms with van der Waals surface area (Å²) in [6, 6.07) is 6.31. The van der Waals surface area contributed by atoms with Crippen molar-refractivity contribution in [2.75, 3.05) is 23.3 Å². The van der Waals surface area contributed by atoms with Crippen molar-refractivity contribution in [1.29, 1.82) is 0 Å². The molecule has 5 rings (SSSR count). The molecule has 0 amide bonds. The minimum atomic E-state index is -0.376. The van der Waals surface area contributed by atoms with Gasteiger partial charge in [0.25, 0.3) is 0 Å². The molecule has 31 heavy (non-hydrogen) atoms. The van der Waals surface area contributed by atoms with Crippen molar-refractivity contribution in [3.8, 4) is 0 Å². The van der Waals surface area contributed by atoms with E-state index in [-0.39, 0.29) is 5.82 Å². The number of halogens is 2. The smallest absolute Gasteiger partial charge is 0.161 e. The maximum absolute atomic E-state index is 14.6. The van der Waals surface area contributed by atoms with Gasteiger partial charge in [0.05, 0.1) is 15.9 Å². The second-order valence-electron chi connectivity index (χ2n) is 8.52. The molecule has 1 saturated heterocycles. The molecule has 2 aromatic heterocycles. The van der Waals surface area contributed by atoms with Gasteiger partial charge < -0.3 is 15.5 Å². The molecule has 1 aliphatic rings. The zero-order valence-electron chi connectivity index (χ0n) is 17.9. The summed E-state index contributed by atoms with van der Waals surface area (Å²) in [7, 11) is 1.78. The van der Waals surface area contributed by atoms with E-state index in [1.807, 2.05) is 19.2 Å². The Kier molecular flexibility index (Phi) is 4.79. The van der Waals surface area contributed by atoms with Crippen LogP contribution in [0.15, 0.2) is 24.4 Å². The zero-order valence-corrected chi connectivity index (χ0v) is 18.7. The fourth-order valence-electron chi connectivity index (χ4n) is 4.55. The SMILES string of the molecule is Cc1c(Nc2n[nH]c3cc(N4C[C@H](C)N[C@@H](C)C4)cc(Cl)c23)cc(F)c2nn(C)cc12. The molecule has 0 spiro atoms. The van der Waals surface area contributed by atoms with Crippen LogP contribution in [0.25, 0.3) is 21.8 Å². The topological polar surface area (TPSA) is 73.8 Å². The van der Waals surface area contributed by atoms with Crippen molar-refractivity contribution >= 4 is 50.6 Å². The monoisotopic (exact) mass is 441 g/mol. The molecule has 2 aromatic carbocycles. The molecule has 0 bridgehead atoms. The molecule has 0 aliphatic carbocycles. The lowest BCUT2D eigenvalue weighted by molar-refractivity contribution is 0.407. The molecule has 162 valence electrons. The minimum Gasteiger partial charge on any atom is -0.368 e. The van der Waals surface area contributed by atoms with Crippen molar-refractivity contribution in [1.82, 2.24) is 25.3 Å². The van der Waals surface area contributed by atoms with E-state index in [0.29, 0.717) is 34.1 Å². The Labute approximate surface area is 184 Å². The highest BCUT2D eigenvalue weighted by atomic mass is 35.5. The largest absolute Gasteiger partial charge is 0.368 e. The summed E-state index contributed by atoms with van der Waals surface area (Å²) < 4.78 is 16.2. The fourth-order valence-corrected chi connectivity index (χ4v) is 4.85. The van der Waals surface area contributed by atoms with E-state index in [9.17, 15) is 4.39 Å². The molecular formula is C22H25ClFN7. The highest BCUT2D eigenvalue weighted by molar-refractivity contribution is 6.36. The second kappa shape index (κ2) is 7.39. The van der Waals surface area contributed by atoms with Crippen molar-refractivity contribution in [2.45, 2.75) is 32.9 Å². The summed E-state index contributed by atoms with van der Waals surface area (Å²) in [5.74, 6) is 0.193. The number of fused-ring (bicyclic) bond motifs is 2. The Morgan fingerprint density at radius 3 is 2.68 bits per heavy atom. The number of hydrogen-bond donors (Lipinski definition) is 3. The molecule has 1 fully saturated rings. The number of aromatic nitrogens is 4. The standard InChI is InChI=1S/C22H25ClFN7/c1-11-8-31(9-12(2)25-11)14-5-16(23)20-19(6-14)27-28-22(20)26-18-7-17(24)21-15(13(18)3)10-30(4)29-21/h5-7,10-12,25H,8-9H2,1-4H3,(H2,26,27,28)/t11-,12-/m0/s1. The van der Waals surface area contributed by atoms with Gasteiger partial charge in [-0.25, -0.2) is 4.39 Å². The van der Waals surface area contributed by atoms with Crippen LogP contribution in [0.2, 0.25) is 5.02 Å². The number of hydrogen-bond acceptors (Lipinski definition) is 5. The van der Waals surface area contributed by atoms with Gasteiger partial charge in [0.15, 0.2) is 11.6 Å². The Balaban J connectivity index is 1.52. The third-order valence-corrected chi connectivity index (χ3v) is 6.21. The number of aryl methyl sites for hydroxylation is 2. The van der Waals surface area contributed by atoms with Gasteiger partial charge in [0.2, 0.25) is 0 Å². The molecule has 4 aromatic rings. The van der Waals surface area contributed by atoms with Crippen molar-refractivity contribution in [3.63, 3.8) is 0 Å². The summed E-state index contributed by atoms with van der Waals surface area (Å²) in [6.07, 6.45) is 1.82. The fraction of sp³-hybridized carbons (Fsp3) is 0.364. The Morgan fingerprint density at radius 1 is 1.19 bits per heavy atom. The molecule has 0 saturated carbocycles. The Bertz CT molecular complexity index is 1280. The van der Waals surface area contributed by atoms with Gasteiger partial charge in [-0.2, -0.15) is 10.2 Å². The van der Waals surface area contributed by atoms with Crippen molar-refractivity contribution < 1.29 is 4.39 Å². The van der Waals surface area contributed by atoms with Crippen LogP contribution in [0, 0.1) is 12.7 Å². The van der Waals surface area contributed by atoms with Gasteiger partial charge in [-0.05, 0) is 44.5 Å². The molecule has 3 heterocycles. The van der Waals surface area contributed by atoms with Crippen LogP contribution in [0.3, 0.4) is 0 Å². The maximum atomic E-state index is 14.6. The van der Waals surface area contributed by atoms with Crippen molar-refractivity contribution in [3.05, 3.63) is 40.8 Å². The Morgan fingerprint density at radius 2 is 1.94 bits per heavy atom. The third-order valence-electron chi connectivity index (χ3n) is 5.91. The first-order chi connectivity index (χ1) is 14.8. The number of piperazine rings is 1. The van der Waals surface area contributed by atoms with Crippen LogP contribution in [0.5, 0.6) is 0 Å². The predicted molar refractivity (Wildman–Crippen MR) is 124 cm³/mol. The number of rotatable bonds is 3. The summed E-state index contributed by atoms with van der Waals surface area (Å²) in [4.78, 5) is 2.33. The average Bonchev–Trinajstić information content (AvgIpc) is 3.29. The number of aromatic amines is 1. The minimum absolute atomic E-state index is 0.361. The van der Waals surface area contributed by atoms with Crippen LogP contribution < -0.4 is 15.5 Å². The van der Waals surface area contributed by atoms with Gasteiger partial charge in [-0.15, -0.1) is 0 Å². The van der Waals surface area contributed by atoms with E-state index in [1.165, 1.54) is 6.07 Å². The van der Waals surface area contributed by atoms with Gasteiger partial charge in [-0.1, -0.05) is 11.6 Å². The van der Waals surface area contributed by atoms with Gasteiger partial charge in [-0.3, -0.25) is 9.78 Å². The molecule has 0 radical (unpaired) electrons. The summed E-state index contributed by atoms with van der Waals surface area (Å²) in [6.45, 7) is 8.13. The Hall–Kier alpha value is -2.84. The first kappa shape index (κ1) is 20.1. The average molecular weight is 442 g/mol. The number of H-pyrrole nitrogens is 1. The van der Waals surface area contributed by atoms with E-state index in [1.54, 1.807) is 11.7 Å². The summed E-state index contributed by atoms with van der Waals surface area (Å²) >= 11 is 6.71. The first-order valence-corrected chi connectivity index (χ1v) is 10.8. The zero-order chi connectivity index (χ0) is 21.9. The summed E-state index contributed by atoms with van der Waals surface area (Å²) in [5.41, 5.74) is 3.80. The molecule has 3 N–H and O–H groups in total. The van der Waals surface area contributed by atoms with E-state index in [2.05, 4.69) is 50.7 Å². The molecular weight excluding hydrogens is 417 g/mol. The quantitative estimate of drug-likeness (QED) is 0.437. The highest BCUT2D eigenvalue weighted by Gasteiger charge is 2.23. The molecule has 1 aliphatic heterocycles. The molecule has 0 unspecified atom stereocenters. The van der Waals surface area contributed by atoms with Crippen LogP contribution in [0.4, 0.5) is 21.6 Å². The van der Waals surface area contributed by atoms with Crippen LogP contribution in [-0.2, 0) is 7.05 Å². The van der Waals surface area contributed by atoms with Crippen LogP contribution >= 0.6 is 11.6 Å². The lowest BCUT2D eigenvalue weighted by atomic mass is 10.1. The summed E-state index contributed by atoms with van der Waals surface area (Å²) in [5, 5.41) is 20.7. The second-order valence-corrected chi connectivity index (χ2v) is 8.92. The van der Waals surface area contributed by atoms with E-state index < -0.39 is 0 Å². The van der Waals surface area contributed by atoms with Gasteiger partial charge in [0, 0.05) is 55.2 Å². The van der Waals surface area contributed by atoms with Crippen LogP contribution in [-0.4, -0.2) is 45.2 Å². The molecule has 7 nitrogen and oxygen atoms in total. The first-order valence-electron chi connectivity index (χ1n) is 10.4. The normalized spacial score (nSPS) is 19.5. The van der Waals surface area contributed by atoms with E-state index in [0.717, 1.165) is 40.6 Å². The number of anilines is 3. The highest BCUT2D eigenvalue weighted by Crippen LogP contribution is 2.36. The van der Waals surface area contributed by atoms with Crippen LogP contribution in [0.1, 0.15) is 19.4 Å². The maximum Gasteiger partial charge on any atom is 0.161 e. The molecule has 9 heteroatoms. The number of benzene rings is 2. The molecule has 2 atom stereocenters. The number of nitrogens with one attached hydrogen (secondary N) is 3.